The Hall–Kier alpha value is -1.40. The van der Waals surface area contributed by atoms with Gasteiger partial charge in [-0.1, -0.05) is 17.7 Å². The molecule has 6 rings (SSSR count). The molecule has 5 aliphatic rings. The average Bonchev–Trinajstić information content (AvgIpc) is 2.72. The predicted molar refractivity (Wildman–Crippen MR) is 116 cm³/mol. The molecule has 1 heterocycles. The molecule has 5 fully saturated rings. The molecule has 1 saturated heterocycles. The zero-order valence-corrected chi connectivity index (χ0v) is 18.7. The van der Waals surface area contributed by atoms with Crippen LogP contribution in [0.15, 0.2) is 29.2 Å². The van der Waals surface area contributed by atoms with E-state index in [-0.39, 0.29) is 11.8 Å². The van der Waals surface area contributed by atoms with E-state index >= 15 is 0 Å². The van der Waals surface area contributed by atoms with E-state index in [9.17, 15) is 13.2 Å². The Bertz CT molecular complexity index is 868. The number of aryl methyl sites for hydroxylation is 1. The molecular formula is C24H34N2O3S. The van der Waals surface area contributed by atoms with E-state index < -0.39 is 10.0 Å². The van der Waals surface area contributed by atoms with Gasteiger partial charge in [-0.15, -0.1) is 0 Å². The van der Waals surface area contributed by atoms with Gasteiger partial charge in [0, 0.05) is 25.6 Å². The Labute approximate surface area is 180 Å². The minimum absolute atomic E-state index is 0.194. The molecule has 4 aliphatic carbocycles. The number of benzene rings is 1. The third-order valence-electron chi connectivity index (χ3n) is 8.24. The molecule has 4 saturated carbocycles. The zero-order valence-electron chi connectivity index (χ0n) is 17.9. The minimum Gasteiger partial charge on any atom is -0.342 e. The molecule has 5 nitrogen and oxygen atoms in total. The van der Waals surface area contributed by atoms with Crippen LogP contribution in [-0.4, -0.2) is 38.9 Å². The van der Waals surface area contributed by atoms with Crippen molar-refractivity contribution in [3.8, 4) is 0 Å². The monoisotopic (exact) mass is 430 g/mol. The van der Waals surface area contributed by atoms with E-state index in [1.54, 1.807) is 12.1 Å². The molecule has 1 aromatic rings. The largest absolute Gasteiger partial charge is 0.342 e. The topological polar surface area (TPSA) is 66.5 Å². The highest BCUT2D eigenvalue weighted by Crippen LogP contribution is 2.57. The molecule has 1 aliphatic heterocycles. The average molecular weight is 431 g/mol. The molecule has 0 spiro atoms. The highest BCUT2D eigenvalue weighted by atomic mass is 32.2. The van der Waals surface area contributed by atoms with Crippen LogP contribution in [0.3, 0.4) is 0 Å². The lowest BCUT2D eigenvalue weighted by Gasteiger charge is -2.54. The first-order valence-electron chi connectivity index (χ1n) is 11.7. The normalized spacial score (nSPS) is 35.6. The van der Waals surface area contributed by atoms with Gasteiger partial charge in [0.05, 0.1) is 4.90 Å². The van der Waals surface area contributed by atoms with Gasteiger partial charge < -0.3 is 4.90 Å². The summed E-state index contributed by atoms with van der Waals surface area (Å²) in [5.74, 6) is 3.77. The second-order valence-electron chi connectivity index (χ2n) is 10.4. The number of hydrogen-bond acceptors (Lipinski definition) is 3. The van der Waals surface area contributed by atoms with Gasteiger partial charge in [0.25, 0.3) is 0 Å². The van der Waals surface area contributed by atoms with Gasteiger partial charge in [0.15, 0.2) is 0 Å². The fraction of sp³-hybridized carbons (Fsp3) is 0.708. The SMILES string of the molecule is Cc1ccc(S(=O)(=O)NCC2CCCN(C(=O)C3C4CC5CC(C4)CC3C5)C2)cc1. The highest BCUT2D eigenvalue weighted by Gasteiger charge is 2.51. The number of carbonyl (C=O) groups is 1. The van der Waals surface area contributed by atoms with Crippen molar-refractivity contribution in [3.05, 3.63) is 29.8 Å². The van der Waals surface area contributed by atoms with Gasteiger partial charge in [0.2, 0.25) is 15.9 Å². The standard InChI is InChI=1S/C24H34N2O3S/c1-16-4-6-22(7-5-16)30(28,29)25-14-17-3-2-8-26(15-17)24(27)23-20-10-18-9-19(12-20)13-21(23)11-18/h4-7,17-21,23,25H,2-3,8-15H2,1H3. The number of amides is 1. The molecule has 1 unspecified atom stereocenters. The first kappa shape index (κ1) is 20.5. The number of rotatable bonds is 5. The molecule has 30 heavy (non-hydrogen) atoms. The lowest BCUT2D eigenvalue weighted by atomic mass is 9.51. The van der Waals surface area contributed by atoms with Crippen molar-refractivity contribution in [1.29, 1.82) is 0 Å². The van der Waals surface area contributed by atoms with Crippen LogP contribution in [0, 0.1) is 42.4 Å². The zero-order chi connectivity index (χ0) is 20.9. The smallest absolute Gasteiger partial charge is 0.240 e. The summed E-state index contributed by atoms with van der Waals surface area (Å²) in [6.07, 6.45) is 8.39. The lowest BCUT2D eigenvalue weighted by molar-refractivity contribution is -0.150. The Morgan fingerprint density at radius 3 is 2.30 bits per heavy atom. The van der Waals surface area contributed by atoms with Crippen LogP contribution in [0.4, 0.5) is 0 Å². The fourth-order valence-electron chi connectivity index (χ4n) is 7.00. The Kier molecular flexibility index (Phi) is 5.42. The van der Waals surface area contributed by atoms with Crippen LogP contribution >= 0.6 is 0 Å². The Morgan fingerprint density at radius 2 is 1.67 bits per heavy atom. The van der Waals surface area contributed by atoms with Gasteiger partial charge in [-0.25, -0.2) is 13.1 Å². The van der Waals surface area contributed by atoms with Gasteiger partial charge in [-0.3, -0.25) is 4.79 Å². The molecule has 1 aromatic carbocycles. The number of piperidine rings is 1. The van der Waals surface area contributed by atoms with Crippen molar-refractivity contribution in [1.82, 2.24) is 9.62 Å². The summed E-state index contributed by atoms with van der Waals surface area (Å²) in [4.78, 5) is 15.9. The van der Waals surface area contributed by atoms with Crippen molar-refractivity contribution in [2.45, 2.75) is 56.8 Å². The Balaban J connectivity index is 1.20. The lowest BCUT2D eigenvalue weighted by Crippen LogP contribution is -2.54. The van der Waals surface area contributed by atoms with Crippen LogP contribution < -0.4 is 4.72 Å². The molecule has 0 radical (unpaired) electrons. The van der Waals surface area contributed by atoms with Crippen LogP contribution in [0.25, 0.3) is 0 Å². The van der Waals surface area contributed by atoms with Crippen molar-refractivity contribution in [3.63, 3.8) is 0 Å². The second kappa shape index (κ2) is 7.94. The summed E-state index contributed by atoms with van der Waals surface area (Å²) in [5.41, 5.74) is 1.04. The van der Waals surface area contributed by atoms with Crippen molar-refractivity contribution < 1.29 is 13.2 Å². The number of hydrogen-bond donors (Lipinski definition) is 1. The molecule has 164 valence electrons. The van der Waals surface area contributed by atoms with Gasteiger partial charge in [-0.2, -0.15) is 0 Å². The summed E-state index contributed by atoms with van der Waals surface area (Å²) in [5, 5.41) is 0. The van der Waals surface area contributed by atoms with Gasteiger partial charge >= 0.3 is 0 Å². The number of sulfonamides is 1. The first-order valence-corrected chi connectivity index (χ1v) is 13.2. The molecule has 1 N–H and O–H groups in total. The molecular weight excluding hydrogens is 396 g/mol. The van der Waals surface area contributed by atoms with Crippen LogP contribution in [-0.2, 0) is 14.8 Å². The van der Waals surface area contributed by atoms with E-state index in [1.165, 1.54) is 32.1 Å². The van der Waals surface area contributed by atoms with E-state index in [1.807, 2.05) is 19.1 Å². The summed E-state index contributed by atoms with van der Waals surface area (Å²) >= 11 is 0. The van der Waals surface area contributed by atoms with Gasteiger partial charge in [-0.05, 0) is 93.6 Å². The molecule has 1 atom stereocenters. The summed E-state index contributed by atoms with van der Waals surface area (Å²) < 4.78 is 28.0. The van der Waals surface area contributed by atoms with Crippen LogP contribution in [0.5, 0.6) is 0 Å². The summed E-state index contributed by atoms with van der Waals surface area (Å²) in [6.45, 7) is 3.88. The summed E-state index contributed by atoms with van der Waals surface area (Å²) in [7, 11) is -3.50. The van der Waals surface area contributed by atoms with Crippen LogP contribution in [0.2, 0.25) is 0 Å². The third-order valence-corrected chi connectivity index (χ3v) is 9.68. The van der Waals surface area contributed by atoms with E-state index in [0.717, 1.165) is 36.8 Å². The predicted octanol–water partition coefficient (Wildman–Crippen LogP) is 3.58. The maximum absolute atomic E-state index is 13.5. The third kappa shape index (κ3) is 3.93. The number of nitrogens with one attached hydrogen (secondary N) is 1. The maximum Gasteiger partial charge on any atom is 0.240 e. The quantitative estimate of drug-likeness (QED) is 0.776. The highest BCUT2D eigenvalue weighted by molar-refractivity contribution is 7.89. The maximum atomic E-state index is 13.5. The first-order chi connectivity index (χ1) is 14.4. The van der Waals surface area contributed by atoms with Crippen LogP contribution in [0.1, 0.15) is 50.5 Å². The molecule has 1 amide bonds. The molecule has 0 aromatic heterocycles. The second-order valence-corrected chi connectivity index (χ2v) is 12.2. The summed E-state index contributed by atoms with van der Waals surface area (Å²) in [6, 6.07) is 6.95. The van der Waals surface area contributed by atoms with E-state index in [2.05, 4.69) is 9.62 Å². The van der Waals surface area contributed by atoms with Crippen molar-refractivity contribution in [2.24, 2.45) is 35.5 Å². The minimum atomic E-state index is -3.50. The Morgan fingerprint density at radius 1 is 1.03 bits per heavy atom. The fourth-order valence-corrected chi connectivity index (χ4v) is 8.12. The van der Waals surface area contributed by atoms with Crippen molar-refractivity contribution >= 4 is 15.9 Å². The molecule has 6 heteroatoms. The van der Waals surface area contributed by atoms with Gasteiger partial charge in [0.1, 0.15) is 0 Å². The number of likely N-dealkylation sites (tertiary alicyclic amines) is 1. The van der Waals surface area contributed by atoms with Crippen molar-refractivity contribution in [2.75, 3.05) is 19.6 Å². The number of carbonyl (C=O) groups excluding carboxylic acids is 1. The van der Waals surface area contributed by atoms with E-state index in [4.69, 9.17) is 0 Å². The number of nitrogens with zero attached hydrogens (tertiary/aromatic N) is 1. The van der Waals surface area contributed by atoms with E-state index in [0.29, 0.717) is 35.7 Å². The molecule has 4 bridgehead atoms.